The number of hydrogen-bond acceptors (Lipinski definition) is 4. The largest absolute Gasteiger partial charge is 0.394 e. The fourth-order valence-corrected chi connectivity index (χ4v) is 1.46. The van der Waals surface area contributed by atoms with E-state index in [2.05, 4.69) is 10.3 Å². The molecule has 0 radical (unpaired) electrons. The summed E-state index contributed by atoms with van der Waals surface area (Å²) in [6.07, 6.45) is 0. The Balaban J connectivity index is 3.11. The van der Waals surface area contributed by atoms with Crippen LogP contribution in [-0.2, 0) is 0 Å². The summed E-state index contributed by atoms with van der Waals surface area (Å²) in [5.41, 5.74) is -0.495. The van der Waals surface area contributed by atoms with Gasteiger partial charge in [-0.1, -0.05) is 11.6 Å². The van der Waals surface area contributed by atoms with E-state index in [4.69, 9.17) is 11.6 Å². The molecule has 0 unspecified atom stereocenters. The maximum atomic E-state index is 12.3. The van der Waals surface area contributed by atoms with Gasteiger partial charge in [0.2, 0.25) is 0 Å². The first-order valence-corrected chi connectivity index (χ1v) is 5.94. The zero-order chi connectivity index (χ0) is 13.9. The van der Waals surface area contributed by atoms with Gasteiger partial charge in [-0.25, -0.2) is 4.98 Å². The normalized spacial score (nSPS) is 11.2. The van der Waals surface area contributed by atoms with E-state index in [0.717, 1.165) is 0 Å². The molecule has 100 valence electrons. The molecule has 0 spiro atoms. The minimum atomic E-state index is -0.669. The molecule has 6 heteroatoms. The van der Waals surface area contributed by atoms with Crippen LogP contribution in [0.5, 0.6) is 0 Å². The predicted octanol–water partition coefficient (Wildman–Crippen LogP) is 1.62. The molecule has 0 saturated heterocycles. The number of carbonyl (C=O) groups excluding carboxylic acids is 1. The van der Waals surface area contributed by atoms with Gasteiger partial charge in [-0.05, 0) is 26.0 Å². The van der Waals surface area contributed by atoms with E-state index in [1.165, 1.54) is 4.90 Å². The molecule has 1 aromatic heterocycles. The average molecular weight is 272 g/mol. The number of rotatable bonds is 4. The third kappa shape index (κ3) is 2.91. The lowest BCUT2D eigenvalue weighted by molar-refractivity contribution is 0.0468. The van der Waals surface area contributed by atoms with Crippen LogP contribution < -0.4 is 5.32 Å². The number of likely N-dealkylation sites (N-methyl/N-ethyl adjacent to an activating group) is 1. The van der Waals surface area contributed by atoms with Crippen LogP contribution in [0.2, 0.25) is 5.02 Å². The highest BCUT2D eigenvalue weighted by Crippen LogP contribution is 2.21. The summed E-state index contributed by atoms with van der Waals surface area (Å²) in [5, 5.41) is 12.4. The first-order valence-electron chi connectivity index (χ1n) is 5.57. The second-order valence-corrected chi connectivity index (χ2v) is 5.02. The van der Waals surface area contributed by atoms with E-state index in [-0.39, 0.29) is 18.2 Å². The molecule has 1 amide bonds. The number of pyridine rings is 1. The molecule has 0 aromatic carbocycles. The lowest BCUT2D eigenvalue weighted by Gasteiger charge is -2.33. The second-order valence-electron chi connectivity index (χ2n) is 4.61. The van der Waals surface area contributed by atoms with Crippen molar-refractivity contribution in [1.29, 1.82) is 0 Å². The van der Waals surface area contributed by atoms with Crippen LogP contribution in [0.3, 0.4) is 0 Å². The monoisotopic (exact) mass is 271 g/mol. The number of nitrogens with zero attached hydrogens (tertiary/aromatic N) is 2. The summed E-state index contributed by atoms with van der Waals surface area (Å²) in [6.45, 7) is 3.39. The Morgan fingerprint density at radius 3 is 2.67 bits per heavy atom. The Morgan fingerprint density at radius 2 is 2.17 bits per heavy atom. The van der Waals surface area contributed by atoms with Crippen molar-refractivity contribution in [3.05, 3.63) is 22.8 Å². The third-order valence-corrected chi connectivity index (χ3v) is 3.21. The molecule has 1 heterocycles. The minimum Gasteiger partial charge on any atom is -0.394 e. The number of aromatic nitrogens is 1. The summed E-state index contributed by atoms with van der Waals surface area (Å²) in [4.78, 5) is 17.9. The van der Waals surface area contributed by atoms with Crippen LogP contribution in [0.4, 0.5) is 5.82 Å². The molecule has 0 fully saturated rings. The molecular formula is C12H18ClN3O2. The van der Waals surface area contributed by atoms with Crippen molar-refractivity contribution < 1.29 is 9.90 Å². The zero-order valence-electron chi connectivity index (χ0n) is 11.0. The van der Waals surface area contributed by atoms with Gasteiger partial charge in [0.25, 0.3) is 5.91 Å². The number of nitrogens with one attached hydrogen (secondary N) is 1. The molecule has 0 aliphatic rings. The number of carbonyl (C=O) groups is 1. The molecule has 18 heavy (non-hydrogen) atoms. The van der Waals surface area contributed by atoms with Crippen molar-refractivity contribution in [1.82, 2.24) is 9.88 Å². The molecular weight excluding hydrogens is 254 g/mol. The second kappa shape index (κ2) is 5.54. The van der Waals surface area contributed by atoms with E-state index in [1.807, 2.05) is 0 Å². The van der Waals surface area contributed by atoms with Crippen LogP contribution in [0.15, 0.2) is 12.1 Å². The fourth-order valence-electron chi connectivity index (χ4n) is 1.27. The van der Waals surface area contributed by atoms with Gasteiger partial charge in [-0.3, -0.25) is 4.79 Å². The maximum Gasteiger partial charge on any atom is 0.274 e. The van der Waals surface area contributed by atoms with E-state index in [0.29, 0.717) is 10.8 Å². The Bertz CT molecular complexity index is 449. The molecule has 1 aromatic rings. The molecule has 2 N–H and O–H groups in total. The van der Waals surface area contributed by atoms with Crippen molar-refractivity contribution >= 4 is 23.3 Å². The van der Waals surface area contributed by atoms with Crippen molar-refractivity contribution in [3.63, 3.8) is 0 Å². The number of anilines is 1. The smallest absolute Gasteiger partial charge is 0.274 e. The standard InChI is InChI=1S/C12H18ClN3O2/c1-12(2,7-17)16(4)11(18)10-8(13)5-6-9(14-3)15-10/h5-6,17H,7H2,1-4H3,(H,14,15). The van der Waals surface area contributed by atoms with Crippen LogP contribution in [-0.4, -0.2) is 47.1 Å². The molecule has 0 aliphatic carbocycles. The summed E-state index contributed by atoms with van der Waals surface area (Å²) >= 11 is 5.99. The fraction of sp³-hybridized carbons (Fsp3) is 0.500. The Hall–Kier alpha value is -1.33. The molecule has 1 rings (SSSR count). The van der Waals surface area contributed by atoms with Gasteiger partial charge >= 0.3 is 0 Å². The maximum absolute atomic E-state index is 12.3. The Labute approximate surface area is 112 Å². The number of amides is 1. The van der Waals surface area contributed by atoms with Crippen LogP contribution in [0, 0.1) is 0 Å². The quantitative estimate of drug-likeness (QED) is 0.873. The minimum absolute atomic E-state index is 0.140. The average Bonchev–Trinajstić information content (AvgIpc) is 2.37. The summed E-state index contributed by atoms with van der Waals surface area (Å²) in [7, 11) is 3.33. The van der Waals surface area contributed by atoms with Gasteiger partial charge in [0.1, 0.15) is 11.5 Å². The lowest BCUT2D eigenvalue weighted by atomic mass is 10.0. The Kier molecular flexibility index (Phi) is 4.53. The first kappa shape index (κ1) is 14.7. The number of hydrogen-bond donors (Lipinski definition) is 2. The molecule has 0 aliphatic heterocycles. The van der Waals surface area contributed by atoms with Crippen molar-refractivity contribution in [2.45, 2.75) is 19.4 Å². The summed E-state index contributed by atoms with van der Waals surface area (Å²) < 4.78 is 0. The number of aliphatic hydroxyl groups is 1. The van der Waals surface area contributed by atoms with Gasteiger partial charge in [0.05, 0.1) is 17.2 Å². The summed E-state index contributed by atoms with van der Waals surface area (Å²) in [5.74, 6) is 0.245. The van der Waals surface area contributed by atoms with E-state index in [1.54, 1.807) is 40.1 Å². The highest BCUT2D eigenvalue weighted by atomic mass is 35.5. The first-order chi connectivity index (χ1) is 8.33. The lowest BCUT2D eigenvalue weighted by Crippen LogP contribution is -2.48. The van der Waals surface area contributed by atoms with Gasteiger partial charge in [-0.15, -0.1) is 0 Å². The van der Waals surface area contributed by atoms with Gasteiger partial charge < -0.3 is 15.3 Å². The SMILES string of the molecule is CNc1ccc(Cl)c(C(=O)N(C)C(C)(C)CO)n1. The van der Waals surface area contributed by atoms with Crippen LogP contribution in [0.1, 0.15) is 24.3 Å². The topological polar surface area (TPSA) is 65.5 Å². The molecule has 0 saturated carbocycles. The predicted molar refractivity (Wildman–Crippen MR) is 72.1 cm³/mol. The molecule has 5 nitrogen and oxygen atoms in total. The van der Waals surface area contributed by atoms with Crippen molar-refractivity contribution in [2.24, 2.45) is 0 Å². The van der Waals surface area contributed by atoms with Crippen LogP contribution in [0.25, 0.3) is 0 Å². The van der Waals surface area contributed by atoms with Gasteiger partial charge in [-0.2, -0.15) is 0 Å². The third-order valence-electron chi connectivity index (χ3n) is 2.90. The van der Waals surface area contributed by atoms with E-state index in [9.17, 15) is 9.90 Å². The summed E-state index contributed by atoms with van der Waals surface area (Å²) in [6, 6.07) is 3.31. The molecule has 0 atom stereocenters. The van der Waals surface area contributed by atoms with Crippen molar-refractivity contribution in [2.75, 3.05) is 26.0 Å². The van der Waals surface area contributed by atoms with Gasteiger partial charge in [0, 0.05) is 14.1 Å². The Morgan fingerprint density at radius 1 is 1.56 bits per heavy atom. The van der Waals surface area contributed by atoms with Crippen molar-refractivity contribution in [3.8, 4) is 0 Å². The van der Waals surface area contributed by atoms with Gasteiger partial charge in [0.15, 0.2) is 0 Å². The highest BCUT2D eigenvalue weighted by Gasteiger charge is 2.29. The number of aliphatic hydroxyl groups excluding tert-OH is 1. The highest BCUT2D eigenvalue weighted by molar-refractivity contribution is 6.33. The molecule has 0 bridgehead atoms. The number of halogens is 1. The van der Waals surface area contributed by atoms with E-state index < -0.39 is 5.54 Å². The van der Waals surface area contributed by atoms with Crippen LogP contribution >= 0.6 is 11.6 Å². The van der Waals surface area contributed by atoms with E-state index >= 15 is 0 Å². The zero-order valence-corrected chi connectivity index (χ0v) is 11.7.